The molecule has 0 saturated carbocycles. The normalized spacial score (nSPS) is 17.0. The monoisotopic (exact) mass is 312 g/mol. The van der Waals surface area contributed by atoms with Gasteiger partial charge in [-0.2, -0.15) is 15.0 Å². The topological polar surface area (TPSA) is 57.2 Å². The number of nitrogens with one attached hydrogen (secondary N) is 1. The second kappa shape index (κ2) is 7.75. The highest BCUT2D eigenvalue weighted by Crippen LogP contribution is 2.15. The highest BCUT2D eigenvalue weighted by Gasteiger charge is 2.16. The molecule has 0 bridgehead atoms. The van der Waals surface area contributed by atoms with Crippen molar-refractivity contribution >= 4 is 23.5 Å². The van der Waals surface area contributed by atoms with Crippen LogP contribution in [-0.2, 0) is 0 Å². The van der Waals surface area contributed by atoms with Crippen LogP contribution in [-0.4, -0.2) is 58.6 Å². The van der Waals surface area contributed by atoms with E-state index in [1.54, 1.807) is 0 Å². The predicted octanol–water partition coefficient (Wildman–Crippen LogP) is 2.27. The van der Waals surface area contributed by atoms with Gasteiger partial charge < -0.3 is 15.1 Å². The Bertz CT molecular complexity index is 445. The number of halogens is 1. The van der Waals surface area contributed by atoms with E-state index in [-0.39, 0.29) is 11.3 Å². The molecule has 0 aromatic carbocycles. The molecular weight excluding hydrogens is 288 g/mol. The third kappa shape index (κ3) is 4.68. The molecule has 0 amide bonds. The van der Waals surface area contributed by atoms with E-state index in [9.17, 15) is 0 Å². The van der Waals surface area contributed by atoms with Gasteiger partial charge in [-0.05, 0) is 58.3 Å². The Kier molecular flexibility index (Phi) is 5.99. The second-order valence-electron chi connectivity index (χ2n) is 5.45. The third-order valence-electron chi connectivity index (χ3n) is 3.75. The number of nitrogens with zero attached hydrogens (tertiary/aromatic N) is 5. The fraction of sp³-hybridized carbons (Fsp3) is 0.786. The first-order valence-corrected chi connectivity index (χ1v) is 8.15. The van der Waals surface area contributed by atoms with Gasteiger partial charge in [-0.1, -0.05) is 0 Å². The molecule has 1 aromatic heterocycles. The van der Waals surface area contributed by atoms with Crippen LogP contribution in [0.5, 0.6) is 0 Å². The van der Waals surface area contributed by atoms with Crippen molar-refractivity contribution in [3.05, 3.63) is 5.28 Å². The number of likely N-dealkylation sites (tertiary alicyclic amines) is 1. The molecule has 0 radical (unpaired) electrons. The highest BCUT2D eigenvalue weighted by molar-refractivity contribution is 6.28. The molecule has 1 fully saturated rings. The first-order valence-electron chi connectivity index (χ1n) is 7.77. The van der Waals surface area contributed by atoms with Crippen molar-refractivity contribution in [3.8, 4) is 0 Å². The molecule has 7 heteroatoms. The summed E-state index contributed by atoms with van der Waals surface area (Å²) in [5, 5.41) is 3.58. The Labute approximate surface area is 131 Å². The van der Waals surface area contributed by atoms with Crippen LogP contribution >= 0.6 is 11.6 Å². The largest absolute Gasteiger partial charge is 0.350 e. The summed E-state index contributed by atoms with van der Waals surface area (Å²) in [5.41, 5.74) is 0. The van der Waals surface area contributed by atoms with Gasteiger partial charge in [0, 0.05) is 25.7 Å². The molecular formula is C14H25ClN6. The van der Waals surface area contributed by atoms with Crippen molar-refractivity contribution < 1.29 is 0 Å². The zero-order valence-corrected chi connectivity index (χ0v) is 13.9. The Morgan fingerprint density at radius 3 is 2.48 bits per heavy atom. The standard InChI is InChI=1S/C14H25ClN6/c1-4-21(5-2)14-18-12(15)17-13(19-14)16-11(3)10-20-8-6-7-9-20/h11H,4-10H2,1-3H3,(H,16,17,18,19). The molecule has 1 aromatic rings. The number of aromatic nitrogens is 3. The van der Waals surface area contributed by atoms with Gasteiger partial charge in [-0.15, -0.1) is 0 Å². The van der Waals surface area contributed by atoms with Crippen LogP contribution in [0.1, 0.15) is 33.6 Å². The Morgan fingerprint density at radius 2 is 1.86 bits per heavy atom. The maximum absolute atomic E-state index is 6.02. The fourth-order valence-corrected chi connectivity index (χ4v) is 2.83. The molecule has 1 saturated heterocycles. The van der Waals surface area contributed by atoms with Gasteiger partial charge in [0.05, 0.1) is 0 Å². The third-order valence-corrected chi connectivity index (χ3v) is 3.92. The summed E-state index contributed by atoms with van der Waals surface area (Å²) >= 11 is 6.02. The quantitative estimate of drug-likeness (QED) is 0.833. The van der Waals surface area contributed by atoms with E-state index in [2.05, 4.69) is 50.8 Å². The average Bonchev–Trinajstić information content (AvgIpc) is 2.92. The zero-order chi connectivity index (χ0) is 15.2. The molecule has 21 heavy (non-hydrogen) atoms. The van der Waals surface area contributed by atoms with Gasteiger partial charge in [-0.25, -0.2) is 0 Å². The lowest BCUT2D eigenvalue weighted by molar-refractivity contribution is 0.327. The molecule has 1 unspecified atom stereocenters. The van der Waals surface area contributed by atoms with Crippen molar-refractivity contribution in [2.45, 2.75) is 39.7 Å². The van der Waals surface area contributed by atoms with Crippen LogP contribution in [0.15, 0.2) is 0 Å². The molecule has 1 N–H and O–H groups in total. The first-order chi connectivity index (χ1) is 10.1. The average molecular weight is 313 g/mol. The van der Waals surface area contributed by atoms with E-state index in [0.717, 1.165) is 19.6 Å². The lowest BCUT2D eigenvalue weighted by Gasteiger charge is -2.22. The van der Waals surface area contributed by atoms with Crippen molar-refractivity contribution in [2.75, 3.05) is 42.9 Å². The minimum Gasteiger partial charge on any atom is -0.350 e. The van der Waals surface area contributed by atoms with Crippen molar-refractivity contribution in [2.24, 2.45) is 0 Å². The Hall–Kier alpha value is -1.14. The molecule has 118 valence electrons. The number of anilines is 2. The fourth-order valence-electron chi connectivity index (χ4n) is 2.67. The summed E-state index contributed by atoms with van der Waals surface area (Å²) in [7, 11) is 0. The van der Waals surface area contributed by atoms with Crippen LogP contribution in [0.2, 0.25) is 5.28 Å². The lowest BCUT2D eigenvalue weighted by atomic mass is 10.3. The van der Waals surface area contributed by atoms with E-state index in [1.807, 2.05) is 0 Å². The molecule has 1 atom stereocenters. The van der Waals surface area contributed by atoms with Crippen LogP contribution in [0, 0.1) is 0 Å². The van der Waals surface area contributed by atoms with Gasteiger partial charge in [0.25, 0.3) is 0 Å². The summed E-state index contributed by atoms with van der Waals surface area (Å²) in [6.45, 7) is 11.4. The summed E-state index contributed by atoms with van der Waals surface area (Å²) in [5.74, 6) is 1.19. The minimum absolute atomic E-state index is 0.239. The Balaban J connectivity index is 2.01. The molecule has 1 aliphatic rings. The number of hydrogen-bond donors (Lipinski definition) is 1. The van der Waals surface area contributed by atoms with Gasteiger partial charge in [0.2, 0.25) is 17.2 Å². The van der Waals surface area contributed by atoms with Crippen LogP contribution in [0.25, 0.3) is 0 Å². The van der Waals surface area contributed by atoms with Gasteiger partial charge in [-0.3, -0.25) is 0 Å². The molecule has 2 heterocycles. The van der Waals surface area contributed by atoms with Crippen LogP contribution < -0.4 is 10.2 Å². The molecule has 1 aliphatic heterocycles. The molecule has 6 nitrogen and oxygen atoms in total. The smallest absolute Gasteiger partial charge is 0.231 e. The van der Waals surface area contributed by atoms with Crippen molar-refractivity contribution in [1.29, 1.82) is 0 Å². The predicted molar refractivity (Wildman–Crippen MR) is 87.2 cm³/mol. The van der Waals surface area contributed by atoms with Crippen molar-refractivity contribution in [1.82, 2.24) is 19.9 Å². The molecule has 0 spiro atoms. The molecule has 2 rings (SSSR count). The number of rotatable bonds is 7. The second-order valence-corrected chi connectivity index (χ2v) is 5.79. The summed E-state index contributed by atoms with van der Waals surface area (Å²) in [6, 6.07) is 0.283. The van der Waals surface area contributed by atoms with E-state index in [0.29, 0.717) is 11.9 Å². The minimum atomic E-state index is 0.239. The van der Waals surface area contributed by atoms with Gasteiger partial charge in [0.15, 0.2) is 0 Å². The lowest BCUT2D eigenvalue weighted by Crippen LogP contribution is -2.33. The van der Waals surface area contributed by atoms with E-state index < -0.39 is 0 Å². The van der Waals surface area contributed by atoms with E-state index >= 15 is 0 Å². The maximum atomic E-state index is 6.02. The zero-order valence-electron chi connectivity index (χ0n) is 13.1. The molecule has 0 aliphatic carbocycles. The van der Waals surface area contributed by atoms with Crippen molar-refractivity contribution in [3.63, 3.8) is 0 Å². The Morgan fingerprint density at radius 1 is 1.19 bits per heavy atom. The first kappa shape index (κ1) is 16.2. The summed E-state index contributed by atoms with van der Waals surface area (Å²) < 4.78 is 0. The van der Waals surface area contributed by atoms with Crippen LogP contribution in [0.4, 0.5) is 11.9 Å². The summed E-state index contributed by atoms with van der Waals surface area (Å²) in [6.07, 6.45) is 2.60. The van der Waals surface area contributed by atoms with Gasteiger partial charge in [0.1, 0.15) is 0 Å². The number of hydrogen-bond acceptors (Lipinski definition) is 6. The van der Waals surface area contributed by atoms with Crippen LogP contribution in [0.3, 0.4) is 0 Å². The SMILES string of the molecule is CCN(CC)c1nc(Cl)nc(NC(C)CN2CCCC2)n1. The maximum Gasteiger partial charge on any atom is 0.231 e. The summed E-state index contributed by atoms with van der Waals surface area (Å²) in [4.78, 5) is 17.4. The highest BCUT2D eigenvalue weighted by atomic mass is 35.5. The van der Waals surface area contributed by atoms with E-state index in [1.165, 1.54) is 25.9 Å². The van der Waals surface area contributed by atoms with E-state index in [4.69, 9.17) is 11.6 Å². The van der Waals surface area contributed by atoms with Gasteiger partial charge >= 0.3 is 0 Å².